The number of hydrogen-bond acceptors (Lipinski definition) is 1. The minimum atomic E-state index is 0.546. The molecule has 0 spiro atoms. The molecule has 0 aliphatic carbocycles. The Morgan fingerprint density at radius 2 is 2.50 bits per heavy atom. The molecular formula is C4H11N2+. The second kappa shape index (κ2) is 1.58. The summed E-state index contributed by atoms with van der Waals surface area (Å²) in [5.41, 5.74) is 3.83. The van der Waals surface area contributed by atoms with Crippen LogP contribution in [0.1, 0.15) is 12.8 Å². The zero-order valence-electron chi connectivity index (χ0n) is 3.91. The maximum atomic E-state index is 3.83. The summed E-state index contributed by atoms with van der Waals surface area (Å²) in [5, 5.41) is 3.21. The highest BCUT2D eigenvalue weighted by Gasteiger charge is 2.09. The van der Waals surface area contributed by atoms with E-state index < -0.39 is 0 Å². The van der Waals surface area contributed by atoms with Gasteiger partial charge >= 0.3 is 0 Å². The Morgan fingerprint density at radius 1 is 1.67 bits per heavy atom. The Balaban J connectivity index is 2.18. The number of nitrogens with one attached hydrogen (secondary N) is 1. The Bertz CT molecular complexity index is 38.8. The summed E-state index contributed by atoms with van der Waals surface area (Å²) in [5.74, 6) is 0. The topological polar surface area (TPSA) is 39.7 Å². The van der Waals surface area contributed by atoms with Gasteiger partial charge in [-0.05, 0) is 6.42 Å². The van der Waals surface area contributed by atoms with Gasteiger partial charge in [-0.3, -0.25) is 5.32 Å². The van der Waals surface area contributed by atoms with E-state index in [1.54, 1.807) is 0 Å². The Morgan fingerprint density at radius 3 is 2.67 bits per heavy atom. The molecule has 1 saturated heterocycles. The fourth-order valence-corrected chi connectivity index (χ4v) is 0.757. The van der Waals surface area contributed by atoms with E-state index in [1.807, 2.05) is 0 Å². The van der Waals surface area contributed by atoms with Crippen LogP contribution in [-0.2, 0) is 0 Å². The second-order valence-electron chi connectivity index (χ2n) is 1.79. The summed E-state index contributed by atoms with van der Waals surface area (Å²) < 4.78 is 0. The van der Waals surface area contributed by atoms with Gasteiger partial charge in [-0.2, -0.15) is 0 Å². The van der Waals surface area contributed by atoms with Crippen LogP contribution >= 0.6 is 0 Å². The van der Waals surface area contributed by atoms with Crippen molar-refractivity contribution in [2.75, 3.05) is 6.54 Å². The van der Waals surface area contributed by atoms with Crippen LogP contribution in [0.2, 0.25) is 0 Å². The van der Waals surface area contributed by atoms with E-state index in [2.05, 4.69) is 11.1 Å². The van der Waals surface area contributed by atoms with Crippen molar-refractivity contribution in [3.63, 3.8) is 0 Å². The van der Waals surface area contributed by atoms with E-state index in [0.29, 0.717) is 6.17 Å². The molecule has 1 rings (SSSR count). The standard InChI is InChI=1S/C4H10N2/c5-4-2-1-3-6-4/h4,6H,1-3,5H2/p+1. The Hall–Kier alpha value is -0.0800. The van der Waals surface area contributed by atoms with Crippen LogP contribution < -0.4 is 11.1 Å². The van der Waals surface area contributed by atoms with Crippen LogP contribution in [0.4, 0.5) is 0 Å². The minimum Gasteiger partial charge on any atom is -0.343 e. The third kappa shape index (κ3) is 0.698. The average molecular weight is 87.1 g/mol. The van der Waals surface area contributed by atoms with Crippen molar-refractivity contribution in [1.29, 1.82) is 0 Å². The monoisotopic (exact) mass is 87.1 g/mol. The molecule has 0 aromatic heterocycles. The van der Waals surface area contributed by atoms with Gasteiger partial charge in [-0.15, -0.1) is 0 Å². The van der Waals surface area contributed by atoms with Crippen LogP contribution in [0.3, 0.4) is 0 Å². The second-order valence-corrected chi connectivity index (χ2v) is 1.79. The van der Waals surface area contributed by atoms with Gasteiger partial charge in [0.05, 0.1) is 0 Å². The molecule has 0 amide bonds. The highest BCUT2D eigenvalue weighted by Crippen LogP contribution is 1.94. The molecule has 1 heterocycles. The average Bonchev–Trinajstić information content (AvgIpc) is 1.86. The molecule has 1 atom stereocenters. The summed E-state index contributed by atoms with van der Waals surface area (Å²) >= 11 is 0. The first kappa shape index (κ1) is 4.09. The molecular weight excluding hydrogens is 76.1 g/mol. The SMILES string of the molecule is [NH3+]C1CCCN1. The minimum absolute atomic E-state index is 0.546. The smallest absolute Gasteiger partial charge is 0.138 e. The molecule has 1 unspecified atom stereocenters. The molecule has 0 aromatic carbocycles. The van der Waals surface area contributed by atoms with Gasteiger partial charge in [0.2, 0.25) is 0 Å². The molecule has 2 heteroatoms. The molecule has 1 aliphatic rings. The highest BCUT2D eigenvalue weighted by atomic mass is 15.0. The van der Waals surface area contributed by atoms with Crippen molar-refractivity contribution in [2.24, 2.45) is 0 Å². The summed E-state index contributed by atoms with van der Waals surface area (Å²) in [6.07, 6.45) is 3.12. The van der Waals surface area contributed by atoms with E-state index in [0.717, 1.165) is 0 Å². The van der Waals surface area contributed by atoms with Crippen LogP contribution in [0.25, 0.3) is 0 Å². The van der Waals surface area contributed by atoms with Crippen LogP contribution in [0.15, 0.2) is 0 Å². The first-order chi connectivity index (χ1) is 2.89. The van der Waals surface area contributed by atoms with E-state index in [1.165, 1.54) is 19.4 Å². The number of rotatable bonds is 0. The predicted octanol–water partition coefficient (Wildman–Crippen LogP) is -1.06. The zero-order valence-corrected chi connectivity index (χ0v) is 3.91. The van der Waals surface area contributed by atoms with E-state index >= 15 is 0 Å². The third-order valence-electron chi connectivity index (χ3n) is 1.16. The first-order valence-corrected chi connectivity index (χ1v) is 2.46. The quantitative estimate of drug-likeness (QED) is 0.388. The summed E-state index contributed by atoms with van der Waals surface area (Å²) in [7, 11) is 0. The first-order valence-electron chi connectivity index (χ1n) is 2.46. The number of quaternary nitrogens is 1. The van der Waals surface area contributed by atoms with Crippen molar-refractivity contribution in [3.05, 3.63) is 0 Å². The molecule has 0 aromatic rings. The zero-order chi connectivity index (χ0) is 4.41. The van der Waals surface area contributed by atoms with Gasteiger partial charge in [0.1, 0.15) is 6.17 Å². The van der Waals surface area contributed by atoms with Crippen molar-refractivity contribution in [1.82, 2.24) is 5.32 Å². The van der Waals surface area contributed by atoms with Crippen LogP contribution in [0, 0.1) is 0 Å². The van der Waals surface area contributed by atoms with Gasteiger partial charge in [0, 0.05) is 13.0 Å². The Kier molecular flexibility index (Phi) is 1.08. The molecule has 1 fully saturated rings. The van der Waals surface area contributed by atoms with Gasteiger partial charge in [0.25, 0.3) is 0 Å². The molecule has 36 valence electrons. The van der Waals surface area contributed by atoms with Gasteiger partial charge < -0.3 is 5.73 Å². The normalized spacial score (nSPS) is 34.5. The van der Waals surface area contributed by atoms with Gasteiger partial charge in [-0.1, -0.05) is 0 Å². The maximum absolute atomic E-state index is 3.83. The molecule has 0 bridgehead atoms. The van der Waals surface area contributed by atoms with Crippen LogP contribution in [-0.4, -0.2) is 12.7 Å². The number of hydrogen-bond donors (Lipinski definition) is 2. The van der Waals surface area contributed by atoms with Crippen molar-refractivity contribution in [3.8, 4) is 0 Å². The fourth-order valence-electron chi connectivity index (χ4n) is 0.757. The molecule has 0 radical (unpaired) electrons. The van der Waals surface area contributed by atoms with Crippen molar-refractivity contribution < 1.29 is 5.73 Å². The van der Waals surface area contributed by atoms with E-state index in [-0.39, 0.29) is 0 Å². The highest BCUT2D eigenvalue weighted by molar-refractivity contribution is 4.60. The van der Waals surface area contributed by atoms with E-state index in [9.17, 15) is 0 Å². The lowest BCUT2D eigenvalue weighted by Gasteiger charge is -1.91. The van der Waals surface area contributed by atoms with E-state index in [4.69, 9.17) is 0 Å². The van der Waals surface area contributed by atoms with Gasteiger partial charge in [0.15, 0.2) is 0 Å². The largest absolute Gasteiger partial charge is 0.343 e. The lowest BCUT2D eigenvalue weighted by atomic mass is 10.3. The predicted molar refractivity (Wildman–Crippen MR) is 23.9 cm³/mol. The molecule has 4 N–H and O–H groups in total. The molecule has 1 aliphatic heterocycles. The lowest BCUT2D eigenvalue weighted by Crippen LogP contribution is -2.65. The molecule has 0 saturated carbocycles. The van der Waals surface area contributed by atoms with Crippen LogP contribution in [0.5, 0.6) is 0 Å². The van der Waals surface area contributed by atoms with Crippen molar-refractivity contribution in [2.45, 2.75) is 19.0 Å². The summed E-state index contributed by atoms with van der Waals surface area (Å²) in [4.78, 5) is 0. The van der Waals surface area contributed by atoms with Gasteiger partial charge in [-0.25, -0.2) is 0 Å². The molecule has 2 nitrogen and oxygen atoms in total. The fraction of sp³-hybridized carbons (Fsp3) is 1.00. The summed E-state index contributed by atoms with van der Waals surface area (Å²) in [6.45, 7) is 1.17. The summed E-state index contributed by atoms with van der Waals surface area (Å²) in [6, 6.07) is 0. The lowest BCUT2D eigenvalue weighted by molar-refractivity contribution is -0.424. The molecule has 6 heavy (non-hydrogen) atoms. The third-order valence-corrected chi connectivity index (χ3v) is 1.16. The maximum Gasteiger partial charge on any atom is 0.138 e. The van der Waals surface area contributed by atoms with Crippen molar-refractivity contribution >= 4 is 0 Å². The Labute approximate surface area is 37.7 Å².